The zero-order valence-corrected chi connectivity index (χ0v) is 13.1. The number of hydrogen-bond donors (Lipinski definition) is 1. The molecule has 1 N–H and O–H groups in total. The van der Waals surface area contributed by atoms with Crippen molar-refractivity contribution in [1.29, 1.82) is 0 Å². The van der Waals surface area contributed by atoms with Gasteiger partial charge in [-0.25, -0.2) is 0 Å². The lowest BCUT2D eigenvalue weighted by Gasteiger charge is -2.25. The van der Waals surface area contributed by atoms with Crippen molar-refractivity contribution >= 4 is 0 Å². The third-order valence-electron chi connectivity index (χ3n) is 4.60. The van der Waals surface area contributed by atoms with Crippen LogP contribution in [0.25, 0.3) is 0 Å². The predicted octanol–water partition coefficient (Wildman–Crippen LogP) is 4.45. The standard InChI is InChI=1S/C20H25N/c1-3-12-21-20(16-10-8-15(2)9-11-16)19-13-17-6-4-5-7-18(17)14-19/h4-11,19-21H,3,12-14H2,1-2H3. The van der Waals surface area contributed by atoms with E-state index >= 15 is 0 Å². The summed E-state index contributed by atoms with van der Waals surface area (Å²) in [4.78, 5) is 0. The minimum Gasteiger partial charge on any atom is -0.310 e. The first kappa shape index (κ1) is 14.3. The Morgan fingerprint density at radius 2 is 1.62 bits per heavy atom. The van der Waals surface area contributed by atoms with E-state index in [0.29, 0.717) is 12.0 Å². The summed E-state index contributed by atoms with van der Waals surface area (Å²) >= 11 is 0. The molecule has 1 atom stereocenters. The smallest absolute Gasteiger partial charge is 0.0355 e. The van der Waals surface area contributed by atoms with Gasteiger partial charge in [0.15, 0.2) is 0 Å². The molecule has 0 amide bonds. The van der Waals surface area contributed by atoms with E-state index in [1.807, 2.05) is 0 Å². The lowest BCUT2D eigenvalue weighted by Crippen LogP contribution is -2.29. The highest BCUT2D eigenvalue weighted by atomic mass is 14.9. The molecule has 2 aromatic carbocycles. The van der Waals surface area contributed by atoms with E-state index in [9.17, 15) is 0 Å². The minimum atomic E-state index is 0.470. The van der Waals surface area contributed by atoms with Crippen molar-refractivity contribution in [3.8, 4) is 0 Å². The summed E-state index contributed by atoms with van der Waals surface area (Å²) < 4.78 is 0. The molecule has 0 radical (unpaired) electrons. The normalized spacial score (nSPS) is 15.9. The van der Waals surface area contributed by atoms with E-state index in [0.717, 1.165) is 6.54 Å². The van der Waals surface area contributed by atoms with E-state index < -0.39 is 0 Å². The maximum absolute atomic E-state index is 3.78. The Morgan fingerprint density at radius 3 is 2.19 bits per heavy atom. The summed E-state index contributed by atoms with van der Waals surface area (Å²) in [6, 6.07) is 18.5. The van der Waals surface area contributed by atoms with Gasteiger partial charge in [0.05, 0.1) is 0 Å². The SMILES string of the molecule is CCCNC(c1ccc(C)cc1)C1Cc2ccccc2C1. The third kappa shape index (κ3) is 3.19. The summed E-state index contributed by atoms with van der Waals surface area (Å²) in [5.74, 6) is 0.677. The first-order chi connectivity index (χ1) is 10.3. The second-order valence-electron chi connectivity index (χ2n) is 6.28. The van der Waals surface area contributed by atoms with Gasteiger partial charge in [-0.15, -0.1) is 0 Å². The van der Waals surface area contributed by atoms with Crippen molar-refractivity contribution in [2.24, 2.45) is 5.92 Å². The Bertz CT molecular complexity index is 560. The van der Waals surface area contributed by atoms with Gasteiger partial charge in [0.2, 0.25) is 0 Å². The summed E-state index contributed by atoms with van der Waals surface area (Å²) in [6.07, 6.45) is 3.58. The number of fused-ring (bicyclic) bond motifs is 1. The molecule has 21 heavy (non-hydrogen) atoms. The van der Waals surface area contributed by atoms with Crippen LogP contribution in [-0.2, 0) is 12.8 Å². The fourth-order valence-electron chi connectivity index (χ4n) is 3.46. The number of rotatable bonds is 5. The molecule has 0 spiro atoms. The first-order valence-corrected chi connectivity index (χ1v) is 8.14. The molecule has 3 rings (SSSR count). The van der Waals surface area contributed by atoms with Gasteiger partial charge in [-0.05, 0) is 55.3 Å². The Hall–Kier alpha value is -1.60. The van der Waals surface area contributed by atoms with Gasteiger partial charge in [-0.2, -0.15) is 0 Å². The van der Waals surface area contributed by atoms with Gasteiger partial charge >= 0.3 is 0 Å². The van der Waals surface area contributed by atoms with Gasteiger partial charge < -0.3 is 5.32 Å². The fraction of sp³-hybridized carbons (Fsp3) is 0.400. The average Bonchev–Trinajstić information content (AvgIpc) is 2.93. The molecule has 0 saturated carbocycles. The average molecular weight is 279 g/mol. The lowest BCUT2D eigenvalue weighted by atomic mass is 9.90. The first-order valence-electron chi connectivity index (χ1n) is 8.14. The van der Waals surface area contributed by atoms with Crippen LogP contribution < -0.4 is 5.32 Å². The van der Waals surface area contributed by atoms with Crippen LogP contribution in [-0.4, -0.2) is 6.54 Å². The van der Waals surface area contributed by atoms with E-state index in [2.05, 4.69) is 67.7 Å². The number of benzene rings is 2. The van der Waals surface area contributed by atoms with E-state index in [1.165, 1.54) is 41.5 Å². The van der Waals surface area contributed by atoms with E-state index in [-0.39, 0.29) is 0 Å². The second kappa shape index (κ2) is 6.44. The molecule has 1 aliphatic carbocycles. The van der Waals surface area contributed by atoms with Crippen molar-refractivity contribution in [2.75, 3.05) is 6.54 Å². The Labute approximate surface area is 128 Å². The van der Waals surface area contributed by atoms with Crippen molar-refractivity contribution < 1.29 is 0 Å². The molecule has 0 heterocycles. The molecule has 1 heteroatoms. The van der Waals surface area contributed by atoms with Crippen molar-refractivity contribution in [3.05, 3.63) is 70.8 Å². The van der Waals surface area contributed by atoms with Crippen LogP contribution in [0.1, 0.15) is 41.6 Å². The number of aryl methyl sites for hydroxylation is 1. The Kier molecular flexibility index (Phi) is 4.40. The largest absolute Gasteiger partial charge is 0.310 e. The molecule has 0 aromatic heterocycles. The fourth-order valence-corrected chi connectivity index (χ4v) is 3.46. The maximum atomic E-state index is 3.78. The topological polar surface area (TPSA) is 12.0 Å². The van der Waals surface area contributed by atoms with Gasteiger partial charge in [0, 0.05) is 6.04 Å². The third-order valence-corrected chi connectivity index (χ3v) is 4.60. The maximum Gasteiger partial charge on any atom is 0.0355 e. The highest BCUT2D eigenvalue weighted by molar-refractivity contribution is 5.34. The molecule has 1 nitrogen and oxygen atoms in total. The Morgan fingerprint density at radius 1 is 1.00 bits per heavy atom. The van der Waals surface area contributed by atoms with Crippen LogP contribution in [0.2, 0.25) is 0 Å². The van der Waals surface area contributed by atoms with Crippen molar-refractivity contribution in [3.63, 3.8) is 0 Å². The van der Waals surface area contributed by atoms with Gasteiger partial charge in [0.25, 0.3) is 0 Å². The summed E-state index contributed by atoms with van der Waals surface area (Å²) in [5.41, 5.74) is 5.85. The molecule has 2 aromatic rings. The molecular weight excluding hydrogens is 254 g/mol. The van der Waals surface area contributed by atoms with Gasteiger partial charge in [0.1, 0.15) is 0 Å². The van der Waals surface area contributed by atoms with Crippen LogP contribution >= 0.6 is 0 Å². The predicted molar refractivity (Wildman–Crippen MR) is 89.6 cm³/mol. The molecule has 1 aliphatic rings. The van der Waals surface area contributed by atoms with Crippen LogP contribution in [0.15, 0.2) is 48.5 Å². The van der Waals surface area contributed by atoms with Gasteiger partial charge in [-0.1, -0.05) is 61.0 Å². The number of nitrogens with one attached hydrogen (secondary N) is 1. The van der Waals surface area contributed by atoms with Crippen molar-refractivity contribution in [2.45, 2.75) is 39.2 Å². The molecule has 0 aliphatic heterocycles. The Balaban J connectivity index is 1.82. The number of hydrogen-bond acceptors (Lipinski definition) is 1. The molecular formula is C20H25N. The molecule has 1 unspecified atom stereocenters. The zero-order chi connectivity index (χ0) is 14.7. The highest BCUT2D eigenvalue weighted by Gasteiger charge is 2.29. The lowest BCUT2D eigenvalue weighted by molar-refractivity contribution is 0.374. The quantitative estimate of drug-likeness (QED) is 0.852. The highest BCUT2D eigenvalue weighted by Crippen LogP contribution is 2.35. The van der Waals surface area contributed by atoms with Crippen molar-refractivity contribution in [1.82, 2.24) is 5.32 Å². The molecule has 0 saturated heterocycles. The van der Waals surface area contributed by atoms with E-state index in [1.54, 1.807) is 0 Å². The van der Waals surface area contributed by atoms with Crippen LogP contribution in [0, 0.1) is 12.8 Å². The van der Waals surface area contributed by atoms with Crippen LogP contribution in [0.3, 0.4) is 0 Å². The molecule has 110 valence electrons. The molecule has 0 fully saturated rings. The minimum absolute atomic E-state index is 0.470. The van der Waals surface area contributed by atoms with Gasteiger partial charge in [-0.3, -0.25) is 0 Å². The second-order valence-corrected chi connectivity index (χ2v) is 6.28. The van der Waals surface area contributed by atoms with Crippen LogP contribution in [0.5, 0.6) is 0 Å². The summed E-state index contributed by atoms with van der Waals surface area (Å²) in [7, 11) is 0. The molecule has 0 bridgehead atoms. The summed E-state index contributed by atoms with van der Waals surface area (Å²) in [5, 5.41) is 3.78. The van der Waals surface area contributed by atoms with E-state index in [4.69, 9.17) is 0 Å². The summed E-state index contributed by atoms with van der Waals surface area (Å²) in [6.45, 7) is 5.48. The monoisotopic (exact) mass is 279 g/mol. The van der Waals surface area contributed by atoms with Crippen LogP contribution in [0.4, 0.5) is 0 Å². The zero-order valence-electron chi connectivity index (χ0n) is 13.1.